The number of aromatic nitrogens is 2. The zero-order valence-electron chi connectivity index (χ0n) is 19.2. The third kappa shape index (κ3) is 6.10. The van der Waals surface area contributed by atoms with Crippen LogP contribution in [0.15, 0.2) is 35.5 Å². The Morgan fingerprint density at radius 2 is 1.91 bits per heavy atom. The Kier molecular flexibility index (Phi) is 8.31. The Bertz CT molecular complexity index is 974. The number of amides is 1. The van der Waals surface area contributed by atoms with Crippen molar-refractivity contribution in [1.29, 1.82) is 0 Å². The number of imidazole rings is 1. The molecule has 1 N–H and O–H groups in total. The topological polar surface area (TPSA) is 93.5 Å². The fourth-order valence-corrected chi connectivity index (χ4v) is 5.20. The molecule has 1 amide bonds. The SMILES string of the molecule is CCCCOc1ccc(CCNC(=O)C2CCN(S(=O)(=O)c3cn(C)c(C)n3)CC2)cc1. The van der Waals surface area contributed by atoms with Gasteiger partial charge in [-0.25, -0.2) is 13.4 Å². The molecular formula is C23H34N4O4S. The zero-order valence-corrected chi connectivity index (χ0v) is 20.0. The van der Waals surface area contributed by atoms with Gasteiger partial charge in [-0.05, 0) is 50.3 Å². The second-order valence-electron chi connectivity index (χ2n) is 8.30. The average molecular weight is 463 g/mol. The third-order valence-electron chi connectivity index (χ3n) is 5.92. The van der Waals surface area contributed by atoms with Gasteiger partial charge in [-0.2, -0.15) is 4.31 Å². The van der Waals surface area contributed by atoms with E-state index in [2.05, 4.69) is 17.2 Å². The summed E-state index contributed by atoms with van der Waals surface area (Å²) in [5.41, 5.74) is 1.14. The molecule has 0 unspecified atom stereocenters. The molecule has 1 fully saturated rings. The largest absolute Gasteiger partial charge is 0.494 e. The zero-order chi connectivity index (χ0) is 23.1. The monoisotopic (exact) mass is 462 g/mol. The minimum Gasteiger partial charge on any atom is -0.494 e. The van der Waals surface area contributed by atoms with Crippen LogP contribution in [0.2, 0.25) is 0 Å². The highest BCUT2D eigenvalue weighted by Crippen LogP contribution is 2.23. The number of carbonyl (C=O) groups excluding carboxylic acids is 1. The van der Waals surface area contributed by atoms with E-state index in [4.69, 9.17) is 4.74 Å². The summed E-state index contributed by atoms with van der Waals surface area (Å²) in [6.45, 7) is 5.85. The van der Waals surface area contributed by atoms with E-state index < -0.39 is 10.0 Å². The maximum absolute atomic E-state index is 12.8. The van der Waals surface area contributed by atoms with E-state index in [9.17, 15) is 13.2 Å². The second kappa shape index (κ2) is 11.0. The van der Waals surface area contributed by atoms with Crippen molar-refractivity contribution in [2.45, 2.75) is 51.0 Å². The molecule has 0 atom stereocenters. The molecule has 32 heavy (non-hydrogen) atoms. The number of sulfonamides is 1. The first-order chi connectivity index (χ1) is 15.3. The number of hydrogen-bond acceptors (Lipinski definition) is 5. The molecule has 2 aromatic rings. The molecule has 9 heteroatoms. The summed E-state index contributed by atoms with van der Waals surface area (Å²) >= 11 is 0. The highest BCUT2D eigenvalue weighted by atomic mass is 32.2. The number of aryl methyl sites for hydroxylation is 2. The van der Waals surface area contributed by atoms with Crippen molar-refractivity contribution in [2.24, 2.45) is 13.0 Å². The summed E-state index contributed by atoms with van der Waals surface area (Å²) in [5.74, 6) is 1.35. The molecule has 0 aliphatic carbocycles. The molecule has 1 aromatic carbocycles. The van der Waals surface area contributed by atoms with Gasteiger partial charge in [0.05, 0.1) is 6.61 Å². The van der Waals surface area contributed by atoms with Crippen molar-refractivity contribution >= 4 is 15.9 Å². The Labute approximate surface area is 191 Å². The molecule has 8 nitrogen and oxygen atoms in total. The van der Waals surface area contributed by atoms with Gasteiger partial charge in [0.25, 0.3) is 10.0 Å². The number of hydrogen-bond donors (Lipinski definition) is 1. The molecule has 0 radical (unpaired) electrons. The first-order valence-electron chi connectivity index (χ1n) is 11.3. The molecule has 3 rings (SSSR count). The molecule has 1 aromatic heterocycles. The molecule has 0 saturated carbocycles. The van der Waals surface area contributed by atoms with Gasteiger partial charge in [0, 0.05) is 38.8 Å². The lowest BCUT2D eigenvalue weighted by molar-refractivity contribution is -0.126. The van der Waals surface area contributed by atoms with Gasteiger partial charge < -0.3 is 14.6 Å². The minimum absolute atomic E-state index is 0.00440. The highest BCUT2D eigenvalue weighted by Gasteiger charge is 2.33. The van der Waals surface area contributed by atoms with Crippen LogP contribution in [-0.4, -0.2) is 54.4 Å². The molecule has 0 spiro atoms. The fraction of sp³-hybridized carbons (Fsp3) is 0.565. The van der Waals surface area contributed by atoms with E-state index in [0.29, 0.717) is 38.3 Å². The summed E-state index contributed by atoms with van der Waals surface area (Å²) in [5, 5.41) is 3.07. The number of carbonyl (C=O) groups is 1. The van der Waals surface area contributed by atoms with Gasteiger partial charge in [-0.15, -0.1) is 0 Å². The van der Waals surface area contributed by atoms with Crippen LogP contribution in [0.25, 0.3) is 0 Å². The van der Waals surface area contributed by atoms with Crippen LogP contribution in [0.3, 0.4) is 0 Å². The first kappa shape index (κ1) is 24.3. The standard InChI is InChI=1S/C23H34N4O4S/c1-4-5-16-31-21-8-6-19(7-9-21)10-13-24-23(28)20-11-14-27(15-12-20)32(29,30)22-17-26(3)18(2)25-22/h6-9,17,20H,4-5,10-16H2,1-3H3,(H,24,28). The normalized spacial score (nSPS) is 15.6. The van der Waals surface area contributed by atoms with Crippen molar-refractivity contribution in [3.05, 3.63) is 41.9 Å². The number of unbranched alkanes of at least 4 members (excludes halogenated alkanes) is 1. The predicted molar refractivity (Wildman–Crippen MR) is 123 cm³/mol. The Hall–Kier alpha value is -2.39. The number of rotatable bonds is 10. The average Bonchev–Trinajstić information content (AvgIpc) is 3.14. The van der Waals surface area contributed by atoms with Gasteiger partial charge in [0.1, 0.15) is 11.6 Å². The molecule has 0 bridgehead atoms. The van der Waals surface area contributed by atoms with Gasteiger partial charge in [-0.1, -0.05) is 25.5 Å². The first-order valence-corrected chi connectivity index (χ1v) is 12.7. The number of ether oxygens (including phenoxy) is 1. The van der Waals surface area contributed by atoms with Gasteiger partial charge in [0.15, 0.2) is 5.03 Å². The minimum atomic E-state index is -3.62. The molecule has 1 aliphatic heterocycles. The van der Waals surface area contributed by atoms with Gasteiger partial charge in [0.2, 0.25) is 5.91 Å². The molecule has 2 heterocycles. The Morgan fingerprint density at radius 3 is 2.50 bits per heavy atom. The van der Waals surface area contributed by atoms with E-state index in [1.165, 1.54) is 10.5 Å². The van der Waals surface area contributed by atoms with E-state index in [1.807, 2.05) is 24.3 Å². The van der Waals surface area contributed by atoms with Crippen LogP contribution in [0.4, 0.5) is 0 Å². The molecule has 1 aliphatic rings. The lowest BCUT2D eigenvalue weighted by atomic mass is 9.97. The maximum atomic E-state index is 12.8. The predicted octanol–water partition coefficient (Wildman–Crippen LogP) is 2.67. The van der Waals surface area contributed by atoms with Crippen molar-refractivity contribution in [2.75, 3.05) is 26.2 Å². The Balaban J connectivity index is 1.42. The van der Waals surface area contributed by atoms with Crippen molar-refractivity contribution in [1.82, 2.24) is 19.2 Å². The van der Waals surface area contributed by atoms with Crippen molar-refractivity contribution < 1.29 is 17.9 Å². The lowest BCUT2D eigenvalue weighted by Crippen LogP contribution is -2.43. The fourth-order valence-electron chi connectivity index (χ4n) is 3.70. The number of benzene rings is 1. The van der Waals surface area contributed by atoms with E-state index in [-0.39, 0.29) is 16.9 Å². The van der Waals surface area contributed by atoms with Crippen LogP contribution < -0.4 is 10.1 Å². The maximum Gasteiger partial charge on any atom is 0.262 e. The van der Waals surface area contributed by atoms with Crippen LogP contribution in [0.1, 0.15) is 44.0 Å². The molecule has 176 valence electrons. The van der Waals surface area contributed by atoms with Gasteiger partial charge in [-0.3, -0.25) is 4.79 Å². The Morgan fingerprint density at radius 1 is 1.22 bits per heavy atom. The van der Waals surface area contributed by atoms with E-state index >= 15 is 0 Å². The highest BCUT2D eigenvalue weighted by molar-refractivity contribution is 7.89. The van der Waals surface area contributed by atoms with Gasteiger partial charge >= 0.3 is 0 Å². The van der Waals surface area contributed by atoms with E-state index in [0.717, 1.165) is 37.2 Å². The molecule has 1 saturated heterocycles. The second-order valence-corrected chi connectivity index (χ2v) is 10.2. The van der Waals surface area contributed by atoms with Crippen LogP contribution in [0.5, 0.6) is 5.75 Å². The third-order valence-corrected chi connectivity index (χ3v) is 7.69. The summed E-state index contributed by atoms with van der Waals surface area (Å²) in [6.07, 6.45) is 5.46. The number of nitrogens with zero attached hydrogens (tertiary/aromatic N) is 3. The lowest BCUT2D eigenvalue weighted by Gasteiger charge is -2.29. The molecular weight excluding hydrogens is 428 g/mol. The van der Waals surface area contributed by atoms with Crippen LogP contribution in [-0.2, 0) is 28.3 Å². The van der Waals surface area contributed by atoms with E-state index in [1.54, 1.807) is 18.5 Å². The summed E-state index contributed by atoms with van der Waals surface area (Å²) in [4.78, 5) is 16.7. The summed E-state index contributed by atoms with van der Waals surface area (Å²) in [7, 11) is -1.85. The number of nitrogens with one attached hydrogen (secondary N) is 1. The van der Waals surface area contributed by atoms with Crippen molar-refractivity contribution in [3.63, 3.8) is 0 Å². The summed E-state index contributed by atoms with van der Waals surface area (Å²) in [6, 6.07) is 7.98. The van der Waals surface area contributed by atoms with Crippen LogP contribution in [0, 0.1) is 12.8 Å². The van der Waals surface area contributed by atoms with Crippen LogP contribution >= 0.6 is 0 Å². The quantitative estimate of drug-likeness (QED) is 0.548. The number of piperidine rings is 1. The summed E-state index contributed by atoms with van der Waals surface area (Å²) < 4.78 is 34.4. The van der Waals surface area contributed by atoms with Crippen molar-refractivity contribution in [3.8, 4) is 5.75 Å². The smallest absolute Gasteiger partial charge is 0.262 e.